The summed E-state index contributed by atoms with van der Waals surface area (Å²) in [4.78, 5) is 9.15. The molecule has 0 amide bonds. The lowest BCUT2D eigenvalue weighted by molar-refractivity contribution is -0.234. The Morgan fingerprint density at radius 1 is 0.974 bits per heavy atom. The molecule has 0 aliphatic carbocycles. The third-order valence-electron chi connectivity index (χ3n) is 7.70. The van der Waals surface area contributed by atoms with E-state index in [0.29, 0.717) is 12.4 Å². The summed E-state index contributed by atoms with van der Waals surface area (Å²) in [5.74, 6) is 1.19. The molecule has 0 spiro atoms. The van der Waals surface area contributed by atoms with Crippen LogP contribution in [0, 0.1) is 0 Å². The number of fused-ring (bicyclic) bond motifs is 3. The zero-order valence-corrected chi connectivity index (χ0v) is 21.3. The molecule has 9 nitrogen and oxygen atoms in total. The monoisotopic (exact) mass is 524 g/mol. The van der Waals surface area contributed by atoms with Crippen molar-refractivity contribution in [1.82, 2.24) is 14.1 Å². The van der Waals surface area contributed by atoms with E-state index < -0.39 is 37.3 Å². The highest BCUT2D eigenvalue weighted by Crippen LogP contribution is 2.34. The van der Waals surface area contributed by atoms with Crippen molar-refractivity contribution in [2.45, 2.75) is 37.2 Å². The maximum atomic E-state index is 10.6. The molecule has 0 saturated carbocycles. The molecule has 5 atom stereocenters. The van der Waals surface area contributed by atoms with Crippen LogP contribution in [0.4, 0.5) is 0 Å². The molecule has 5 aromatic rings. The van der Waals surface area contributed by atoms with Crippen molar-refractivity contribution < 1.29 is 24.8 Å². The highest BCUT2D eigenvalue weighted by molar-refractivity contribution is 6.08. The van der Waals surface area contributed by atoms with E-state index in [1.165, 1.54) is 10.8 Å². The van der Waals surface area contributed by atoms with E-state index in [2.05, 4.69) is 50.9 Å². The topological polar surface area (TPSA) is 114 Å². The van der Waals surface area contributed by atoms with Crippen molar-refractivity contribution in [1.29, 1.82) is 0 Å². The first kappa shape index (κ1) is 24.1. The van der Waals surface area contributed by atoms with Gasteiger partial charge in [-0.05, 0) is 28.5 Å². The summed E-state index contributed by atoms with van der Waals surface area (Å²) >= 11 is 0. The van der Waals surface area contributed by atoms with Crippen LogP contribution in [0.5, 0.6) is 0 Å². The Morgan fingerprint density at radius 3 is 2.62 bits per heavy atom. The average Bonchev–Trinajstić information content (AvgIpc) is 3.67. The van der Waals surface area contributed by atoms with Crippen LogP contribution in [0.3, 0.4) is 0 Å². The molecule has 0 radical (unpaired) electrons. The largest absolute Gasteiger partial charge is 0.445 e. The Hall–Kier alpha value is -4.02. The molecule has 7 rings (SSSR count). The van der Waals surface area contributed by atoms with Crippen LogP contribution in [0.15, 0.2) is 84.2 Å². The zero-order chi connectivity index (χ0) is 26.7. The van der Waals surface area contributed by atoms with Crippen molar-refractivity contribution in [2.75, 3.05) is 6.61 Å². The molecule has 0 bridgehead atoms. The van der Waals surface area contributed by atoms with Crippen LogP contribution >= 0.6 is 0 Å². The van der Waals surface area contributed by atoms with Gasteiger partial charge in [0, 0.05) is 48.6 Å². The molecule has 2 aliphatic heterocycles. The number of aliphatic hydroxyl groups excluding tert-OH is 3. The minimum atomic E-state index is -1.25. The lowest BCUT2D eigenvalue weighted by Crippen LogP contribution is -2.56. The first-order valence-electron chi connectivity index (χ1n) is 13.0. The molecular weight excluding hydrogens is 496 g/mol. The van der Waals surface area contributed by atoms with Crippen molar-refractivity contribution in [3.05, 3.63) is 90.4 Å². The molecular formula is C30H28N4O5. The van der Waals surface area contributed by atoms with Gasteiger partial charge in [0.25, 0.3) is 0 Å². The fourth-order valence-corrected chi connectivity index (χ4v) is 5.62. The number of nitrogens with zero attached hydrogens (tertiary/aromatic N) is 4. The van der Waals surface area contributed by atoms with Gasteiger partial charge >= 0.3 is 0 Å². The zero-order valence-electron chi connectivity index (χ0n) is 21.3. The molecule has 3 N–H and O–H groups in total. The van der Waals surface area contributed by atoms with E-state index in [0.717, 1.165) is 33.4 Å². The first-order chi connectivity index (χ1) is 19.0. The Labute approximate surface area is 224 Å². The van der Waals surface area contributed by atoms with Gasteiger partial charge in [-0.1, -0.05) is 48.5 Å². The minimum absolute atomic E-state index is 0.335. The van der Waals surface area contributed by atoms with Gasteiger partial charge < -0.3 is 33.9 Å². The molecule has 3 aromatic carbocycles. The van der Waals surface area contributed by atoms with E-state index in [9.17, 15) is 15.3 Å². The summed E-state index contributed by atoms with van der Waals surface area (Å²) in [6, 6.07) is 20.1. The van der Waals surface area contributed by atoms with Gasteiger partial charge in [-0.25, -0.2) is 9.98 Å². The average molecular weight is 525 g/mol. The van der Waals surface area contributed by atoms with Gasteiger partial charge in [-0.3, -0.25) is 0 Å². The van der Waals surface area contributed by atoms with Crippen molar-refractivity contribution in [3.8, 4) is 11.4 Å². The lowest BCUT2D eigenvalue weighted by Gasteiger charge is -2.36. The Kier molecular flexibility index (Phi) is 5.75. The van der Waals surface area contributed by atoms with E-state index in [1.807, 2.05) is 48.3 Å². The van der Waals surface area contributed by atoms with Crippen molar-refractivity contribution in [3.63, 3.8) is 0 Å². The molecule has 1 fully saturated rings. The number of ether oxygens (including phenoxy) is 2. The van der Waals surface area contributed by atoms with Crippen LogP contribution in [0.2, 0.25) is 0 Å². The molecule has 9 heteroatoms. The van der Waals surface area contributed by atoms with Gasteiger partial charge in [0.15, 0.2) is 0 Å². The number of hydrogen-bond acceptors (Lipinski definition) is 7. The predicted octanol–water partition coefficient (Wildman–Crippen LogP) is 2.83. The summed E-state index contributed by atoms with van der Waals surface area (Å²) in [7, 11) is 1.97. The summed E-state index contributed by atoms with van der Waals surface area (Å²) < 4.78 is 15.9. The highest BCUT2D eigenvalue weighted by atomic mass is 16.7. The standard InChI is InChI=1S/C30H28N4O5/c1-33-11-10-31-28(33)20-8-9-21-22(29-32-25-27(37)26(36)24(16-35)38-30(25)39-29)15-34(23(21)13-20)14-17-6-7-18-4-2-3-5-19(18)12-17/h2-13,15,24-27,30,35-37H,14,16H2,1H3/t24-,25-,26-,27?,30-/m1/s1. The van der Waals surface area contributed by atoms with Gasteiger partial charge in [-0.15, -0.1) is 0 Å². The van der Waals surface area contributed by atoms with E-state index in [1.54, 1.807) is 6.20 Å². The highest BCUT2D eigenvalue weighted by Gasteiger charge is 2.49. The molecule has 39 heavy (non-hydrogen) atoms. The third-order valence-corrected chi connectivity index (χ3v) is 7.70. The van der Waals surface area contributed by atoms with Gasteiger partial charge in [0.2, 0.25) is 12.2 Å². The van der Waals surface area contributed by atoms with E-state index in [4.69, 9.17) is 9.47 Å². The number of aryl methyl sites for hydroxylation is 1. The normalized spacial score (nSPS) is 24.6. The van der Waals surface area contributed by atoms with Gasteiger partial charge in [-0.2, -0.15) is 0 Å². The van der Waals surface area contributed by atoms with Crippen LogP contribution in [0.25, 0.3) is 33.1 Å². The Morgan fingerprint density at radius 2 is 1.82 bits per heavy atom. The quantitative estimate of drug-likeness (QED) is 0.326. The summed E-state index contributed by atoms with van der Waals surface area (Å²) in [6.45, 7) is 0.192. The molecule has 1 saturated heterocycles. The second-order valence-corrected chi connectivity index (χ2v) is 10.2. The fraction of sp³-hybridized carbons (Fsp3) is 0.267. The van der Waals surface area contributed by atoms with Crippen LogP contribution in [-0.2, 0) is 23.1 Å². The fourth-order valence-electron chi connectivity index (χ4n) is 5.62. The molecule has 1 unspecified atom stereocenters. The number of aliphatic imine (C=N–C) groups is 1. The SMILES string of the molecule is Cn1ccnc1-c1ccc2c(C3=N[C@@H]4C(O)[C@H](O)[C@@H](CO)O[C@@H]4O3)cn(Cc3ccc4ccccc4c3)c2c1. The van der Waals surface area contributed by atoms with Crippen LogP contribution < -0.4 is 0 Å². The maximum Gasteiger partial charge on any atom is 0.227 e. The Balaban J connectivity index is 1.32. The lowest BCUT2D eigenvalue weighted by atomic mass is 9.98. The smallest absolute Gasteiger partial charge is 0.227 e. The molecule has 2 aliphatic rings. The maximum absolute atomic E-state index is 10.6. The molecule has 4 heterocycles. The second-order valence-electron chi connectivity index (χ2n) is 10.2. The number of rotatable bonds is 5. The number of imidazole rings is 1. The second kappa shape index (κ2) is 9.32. The van der Waals surface area contributed by atoms with Crippen LogP contribution in [-0.4, -0.2) is 72.6 Å². The van der Waals surface area contributed by atoms with E-state index in [-0.39, 0.29) is 0 Å². The van der Waals surface area contributed by atoms with Gasteiger partial charge in [0.1, 0.15) is 30.2 Å². The summed E-state index contributed by atoms with van der Waals surface area (Å²) in [6.07, 6.45) is 1.41. The summed E-state index contributed by atoms with van der Waals surface area (Å²) in [5, 5.41) is 33.8. The van der Waals surface area contributed by atoms with Gasteiger partial charge in [0.05, 0.1) is 12.2 Å². The number of hydrogen-bond donors (Lipinski definition) is 3. The van der Waals surface area contributed by atoms with Crippen molar-refractivity contribution in [2.24, 2.45) is 12.0 Å². The number of aliphatic hydroxyl groups is 3. The first-order valence-corrected chi connectivity index (χ1v) is 13.0. The number of aromatic nitrogens is 3. The number of benzene rings is 3. The summed E-state index contributed by atoms with van der Waals surface area (Å²) in [5.41, 5.74) is 3.87. The molecule has 198 valence electrons. The molecule has 2 aromatic heterocycles. The van der Waals surface area contributed by atoms with Crippen molar-refractivity contribution >= 4 is 27.6 Å². The van der Waals surface area contributed by atoms with Crippen LogP contribution in [0.1, 0.15) is 11.1 Å². The van der Waals surface area contributed by atoms with E-state index >= 15 is 0 Å². The predicted molar refractivity (Wildman–Crippen MR) is 146 cm³/mol. The third kappa shape index (κ3) is 4.02. The Bertz CT molecular complexity index is 1720. The minimum Gasteiger partial charge on any atom is -0.445 e.